The van der Waals surface area contributed by atoms with Crippen molar-refractivity contribution in [3.8, 4) is 17.0 Å². The first kappa shape index (κ1) is 13.9. The molecule has 0 fully saturated rings. The molecule has 2 aromatic carbocycles. The minimum atomic E-state index is 0.303. The van der Waals surface area contributed by atoms with E-state index in [1.165, 1.54) is 7.11 Å². The Bertz CT molecular complexity index is 837. The van der Waals surface area contributed by atoms with Crippen LogP contribution < -0.4 is 10.5 Å². The van der Waals surface area contributed by atoms with Crippen molar-refractivity contribution in [2.45, 2.75) is 0 Å². The number of benzene rings is 2. The molecule has 6 heteroatoms. The van der Waals surface area contributed by atoms with E-state index in [0.29, 0.717) is 32.9 Å². The number of hydrogen-bond donors (Lipinski definition) is 1. The second-order valence-corrected chi connectivity index (χ2v) is 5.23. The molecule has 0 aliphatic rings. The number of rotatable bonds is 2. The van der Waals surface area contributed by atoms with E-state index in [0.717, 1.165) is 11.0 Å². The lowest BCUT2D eigenvalue weighted by atomic mass is 10.1. The predicted octanol–water partition coefficient (Wildman–Crippen LogP) is 4.19. The van der Waals surface area contributed by atoms with Gasteiger partial charge in [-0.25, -0.2) is 9.97 Å². The smallest absolute Gasteiger partial charge is 0.150 e. The second kappa shape index (κ2) is 5.39. The lowest BCUT2D eigenvalue weighted by molar-refractivity contribution is 0.415. The lowest BCUT2D eigenvalue weighted by Crippen LogP contribution is -1.99. The molecule has 0 aliphatic carbocycles. The fourth-order valence-corrected chi connectivity index (χ4v) is 2.56. The van der Waals surface area contributed by atoms with E-state index in [-0.39, 0.29) is 0 Å². The molecule has 106 valence electrons. The minimum Gasteiger partial charge on any atom is -0.495 e. The number of aromatic nitrogens is 2. The van der Waals surface area contributed by atoms with E-state index in [4.69, 9.17) is 33.7 Å². The number of nitrogen functional groups attached to an aromatic ring is 1. The largest absolute Gasteiger partial charge is 0.495 e. The van der Waals surface area contributed by atoms with Gasteiger partial charge in [-0.2, -0.15) is 0 Å². The van der Waals surface area contributed by atoms with Crippen LogP contribution in [-0.2, 0) is 0 Å². The molecular formula is C15H11Cl2N3O. The molecule has 1 aromatic heterocycles. The highest BCUT2D eigenvalue weighted by atomic mass is 35.5. The maximum atomic E-state index is 6.28. The van der Waals surface area contributed by atoms with E-state index >= 15 is 0 Å². The van der Waals surface area contributed by atoms with Crippen LogP contribution in [0.1, 0.15) is 0 Å². The number of halogens is 2. The number of nitrogens with zero attached hydrogens (tertiary/aromatic N) is 2. The van der Waals surface area contributed by atoms with Crippen molar-refractivity contribution in [1.82, 2.24) is 9.97 Å². The molecule has 3 aromatic rings. The Morgan fingerprint density at radius 3 is 2.33 bits per heavy atom. The highest BCUT2D eigenvalue weighted by molar-refractivity contribution is 6.36. The van der Waals surface area contributed by atoms with E-state index in [1.807, 2.05) is 24.3 Å². The van der Waals surface area contributed by atoms with Crippen molar-refractivity contribution in [2.24, 2.45) is 0 Å². The predicted molar refractivity (Wildman–Crippen MR) is 86.0 cm³/mol. The van der Waals surface area contributed by atoms with Crippen LogP contribution in [0.25, 0.3) is 22.3 Å². The van der Waals surface area contributed by atoms with Crippen LogP contribution in [-0.4, -0.2) is 17.1 Å². The quantitative estimate of drug-likeness (QED) is 0.769. The summed E-state index contributed by atoms with van der Waals surface area (Å²) in [4.78, 5) is 8.88. The summed E-state index contributed by atoms with van der Waals surface area (Å²) in [6.45, 7) is 0. The third kappa shape index (κ3) is 2.48. The first-order valence-electron chi connectivity index (χ1n) is 6.16. The molecule has 21 heavy (non-hydrogen) atoms. The van der Waals surface area contributed by atoms with Crippen molar-refractivity contribution >= 4 is 40.1 Å². The average molecular weight is 320 g/mol. The molecule has 0 radical (unpaired) electrons. The number of para-hydroxylation sites is 2. The maximum Gasteiger partial charge on any atom is 0.150 e. The summed E-state index contributed by atoms with van der Waals surface area (Å²) in [5.74, 6) is 0.801. The van der Waals surface area contributed by atoms with Crippen LogP contribution in [0.15, 0.2) is 36.4 Å². The molecule has 0 amide bonds. The van der Waals surface area contributed by atoms with Crippen LogP contribution in [0.2, 0.25) is 10.0 Å². The monoisotopic (exact) mass is 319 g/mol. The molecule has 1 heterocycles. The zero-order chi connectivity index (χ0) is 15.0. The Kier molecular flexibility index (Phi) is 3.57. The Hall–Kier alpha value is -2.04. The van der Waals surface area contributed by atoms with Gasteiger partial charge in [-0.3, -0.25) is 0 Å². The molecule has 2 N–H and O–H groups in total. The zero-order valence-corrected chi connectivity index (χ0v) is 12.6. The second-order valence-electron chi connectivity index (χ2n) is 4.41. The highest BCUT2D eigenvalue weighted by Crippen LogP contribution is 2.37. The van der Waals surface area contributed by atoms with Crippen molar-refractivity contribution in [1.29, 1.82) is 0 Å². The van der Waals surface area contributed by atoms with Gasteiger partial charge in [0, 0.05) is 11.6 Å². The van der Waals surface area contributed by atoms with Gasteiger partial charge in [-0.1, -0.05) is 35.3 Å². The summed E-state index contributed by atoms with van der Waals surface area (Å²) < 4.78 is 5.13. The third-order valence-corrected chi connectivity index (χ3v) is 3.70. The summed E-state index contributed by atoms with van der Waals surface area (Å²) in [6.07, 6.45) is 0. The van der Waals surface area contributed by atoms with Crippen molar-refractivity contribution in [2.75, 3.05) is 12.8 Å². The van der Waals surface area contributed by atoms with Gasteiger partial charge < -0.3 is 10.5 Å². The van der Waals surface area contributed by atoms with Gasteiger partial charge in [0.2, 0.25) is 0 Å². The molecule has 0 spiro atoms. The molecule has 0 unspecified atom stereocenters. The van der Waals surface area contributed by atoms with E-state index in [9.17, 15) is 0 Å². The van der Waals surface area contributed by atoms with E-state index in [1.54, 1.807) is 12.1 Å². The summed E-state index contributed by atoms with van der Waals surface area (Å²) in [5.41, 5.74) is 8.60. The van der Waals surface area contributed by atoms with Crippen LogP contribution in [0, 0.1) is 0 Å². The molecular weight excluding hydrogens is 309 g/mol. The summed E-state index contributed by atoms with van der Waals surface area (Å²) >= 11 is 12.4. The molecule has 0 aliphatic heterocycles. The van der Waals surface area contributed by atoms with Gasteiger partial charge in [-0.15, -0.1) is 0 Å². The zero-order valence-electron chi connectivity index (χ0n) is 11.1. The summed E-state index contributed by atoms with van der Waals surface area (Å²) in [6, 6.07) is 10.8. The Morgan fingerprint density at radius 1 is 1.00 bits per heavy atom. The molecule has 0 saturated heterocycles. The highest BCUT2D eigenvalue weighted by Gasteiger charge is 2.15. The standard InChI is InChI=1S/C15H11Cl2N3O/c1-21-13-7-9(16)8(6-10(13)17)14-15(18)20-12-5-3-2-4-11(12)19-14/h2-7H,1H3,(H2,18,20). The van der Waals surface area contributed by atoms with Crippen LogP contribution in [0.4, 0.5) is 5.82 Å². The number of hydrogen-bond acceptors (Lipinski definition) is 4. The fourth-order valence-electron chi connectivity index (χ4n) is 2.08. The number of fused-ring (bicyclic) bond motifs is 1. The first-order chi connectivity index (χ1) is 10.1. The number of nitrogens with two attached hydrogens (primary N) is 1. The Labute approximate surface area is 131 Å². The van der Waals surface area contributed by atoms with Crippen molar-refractivity contribution in [3.05, 3.63) is 46.4 Å². The van der Waals surface area contributed by atoms with Gasteiger partial charge in [0.1, 0.15) is 11.4 Å². The van der Waals surface area contributed by atoms with Crippen molar-refractivity contribution in [3.63, 3.8) is 0 Å². The molecule has 3 rings (SSSR count). The number of anilines is 1. The summed E-state index contributed by atoms with van der Waals surface area (Å²) in [5, 5.41) is 0.888. The van der Waals surface area contributed by atoms with Gasteiger partial charge >= 0.3 is 0 Å². The maximum absolute atomic E-state index is 6.28. The van der Waals surface area contributed by atoms with Crippen LogP contribution in [0.3, 0.4) is 0 Å². The van der Waals surface area contributed by atoms with Crippen LogP contribution >= 0.6 is 23.2 Å². The minimum absolute atomic E-state index is 0.303. The fraction of sp³-hybridized carbons (Fsp3) is 0.0667. The molecule has 0 saturated carbocycles. The number of ether oxygens (including phenoxy) is 1. The third-order valence-electron chi connectivity index (χ3n) is 3.09. The lowest BCUT2D eigenvalue weighted by Gasteiger charge is -2.11. The Morgan fingerprint density at radius 2 is 1.67 bits per heavy atom. The number of methoxy groups -OCH3 is 1. The van der Waals surface area contributed by atoms with Gasteiger partial charge in [0.05, 0.1) is 28.2 Å². The van der Waals surface area contributed by atoms with Gasteiger partial charge in [0.25, 0.3) is 0 Å². The molecule has 0 bridgehead atoms. The SMILES string of the molecule is COc1cc(Cl)c(-c2nc3ccccc3nc2N)cc1Cl. The molecule has 4 nitrogen and oxygen atoms in total. The average Bonchev–Trinajstić information content (AvgIpc) is 2.48. The normalized spacial score (nSPS) is 10.8. The van der Waals surface area contributed by atoms with Gasteiger partial charge in [-0.05, 0) is 18.2 Å². The summed E-state index contributed by atoms with van der Waals surface area (Å²) in [7, 11) is 1.53. The van der Waals surface area contributed by atoms with Crippen molar-refractivity contribution < 1.29 is 4.74 Å². The molecule has 0 atom stereocenters. The van der Waals surface area contributed by atoms with E-state index < -0.39 is 0 Å². The Balaban J connectivity index is 2.25. The van der Waals surface area contributed by atoms with E-state index in [2.05, 4.69) is 9.97 Å². The topological polar surface area (TPSA) is 61.0 Å². The van der Waals surface area contributed by atoms with Gasteiger partial charge in [0.15, 0.2) is 5.82 Å². The van der Waals surface area contributed by atoms with Crippen LogP contribution in [0.5, 0.6) is 5.75 Å². The first-order valence-corrected chi connectivity index (χ1v) is 6.91.